The quantitative estimate of drug-likeness (QED) is 0.0263. The second-order valence-electron chi connectivity index (χ2n) is 16.9. The molecule has 368 valence electrons. The molecule has 7 unspecified atom stereocenters. The van der Waals surface area contributed by atoms with Crippen LogP contribution in [0.25, 0.3) is 0 Å². The maximum atomic E-state index is 12.9. The number of aliphatic hydroxyl groups is 5. The first kappa shape index (κ1) is 59.6. The first-order valence-corrected chi connectivity index (χ1v) is 25.2. The van der Waals surface area contributed by atoms with Gasteiger partial charge in [0.1, 0.15) is 24.4 Å². The summed E-state index contributed by atoms with van der Waals surface area (Å²) in [4.78, 5) is 12.9. The van der Waals surface area contributed by atoms with Gasteiger partial charge in [-0.1, -0.05) is 193 Å². The third kappa shape index (κ3) is 34.5. The predicted octanol–water partition coefficient (Wildman–Crippen LogP) is 11.6. The second kappa shape index (κ2) is 44.4. The van der Waals surface area contributed by atoms with Crippen LogP contribution in [0.5, 0.6) is 0 Å². The summed E-state index contributed by atoms with van der Waals surface area (Å²) in [6.07, 6.45) is 59.9. The van der Waals surface area contributed by atoms with E-state index >= 15 is 0 Å². The van der Waals surface area contributed by atoms with Crippen molar-refractivity contribution in [1.29, 1.82) is 0 Å². The van der Waals surface area contributed by atoms with Crippen LogP contribution in [0.2, 0.25) is 0 Å². The first-order chi connectivity index (χ1) is 31.8. The Hall–Kier alpha value is -3.41. The third-order valence-electron chi connectivity index (χ3n) is 11.1. The molecule has 0 spiro atoms. The molecule has 0 aliphatic carbocycles. The van der Waals surface area contributed by atoms with Gasteiger partial charge in [-0.25, -0.2) is 0 Å². The summed E-state index contributed by atoms with van der Waals surface area (Å²) >= 11 is 0. The van der Waals surface area contributed by atoms with Crippen molar-refractivity contribution in [3.05, 3.63) is 122 Å². The van der Waals surface area contributed by atoms with Crippen LogP contribution in [0.15, 0.2) is 122 Å². The smallest absolute Gasteiger partial charge is 0.220 e. The van der Waals surface area contributed by atoms with E-state index in [0.29, 0.717) is 12.8 Å². The number of aliphatic hydroxyl groups excluding tert-OH is 5. The number of ether oxygens (including phenoxy) is 2. The molecule has 0 aromatic heterocycles. The minimum atomic E-state index is -1.56. The fraction of sp³-hybridized carbons (Fsp3) is 0.625. The van der Waals surface area contributed by atoms with Gasteiger partial charge in [-0.3, -0.25) is 4.79 Å². The van der Waals surface area contributed by atoms with Crippen LogP contribution in [0.4, 0.5) is 0 Å². The minimum absolute atomic E-state index is 0.154. The summed E-state index contributed by atoms with van der Waals surface area (Å²) in [7, 11) is 0. The molecule has 0 saturated carbocycles. The fourth-order valence-electron chi connectivity index (χ4n) is 7.07. The molecule has 0 radical (unpaired) electrons. The number of allylic oxidation sites excluding steroid dienone is 20. The number of hydrogen-bond donors (Lipinski definition) is 6. The van der Waals surface area contributed by atoms with Gasteiger partial charge in [0.2, 0.25) is 5.91 Å². The highest BCUT2D eigenvalue weighted by atomic mass is 16.7. The Labute approximate surface area is 395 Å². The van der Waals surface area contributed by atoms with Crippen LogP contribution in [0.3, 0.4) is 0 Å². The first-order valence-electron chi connectivity index (χ1n) is 25.2. The van der Waals surface area contributed by atoms with Crippen LogP contribution in [-0.4, -0.2) is 87.5 Å². The van der Waals surface area contributed by atoms with E-state index in [-0.39, 0.29) is 12.5 Å². The van der Waals surface area contributed by atoms with Crippen molar-refractivity contribution in [2.75, 3.05) is 13.2 Å². The van der Waals surface area contributed by atoms with Crippen molar-refractivity contribution in [3.63, 3.8) is 0 Å². The van der Waals surface area contributed by atoms with Crippen LogP contribution < -0.4 is 5.32 Å². The largest absolute Gasteiger partial charge is 0.394 e. The highest BCUT2D eigenvalue weighted by molar-refractivity contribution is 5.76. The molecule has 6 N–H and O–H groups in total. The molecule has 0 bridgehead atoms. The molecule has 7 atom stereocenters. The predicted molar refractivity (Wildman–Crippen MR) is 271 cm³/mol. The Morgan fingerprint density at radius 2 is 0.954 bits per heavy atom. The Bertz CT molecular complexity index is 1420. The van der Waals surface area contributed by atoms with Crippen LogP contribution >= 0.6 is 0 Å². The van der Waals surface area contributed by atoms with Gasteiger partial charge in [-0.05, 0) is 89.9 Å². The summed E-state index contributed by atoms with van der Waals surface area (Å²) < 4.78 is 11.2. The third-order valence-corrected chi connectivity index (χ3v) is 11.1. The zero-order chi connectivity index (χ0) is 47.3. The van der Waals surface area contributed by atoms with Crippen molar-refractivity contribution < 1.29 is 39.8 Å². The molecule has 65 heavy (non-hydrogen) atoms. The lowest BCUT2D eigenvalue weighted by Gasteiger charge is -2.40. The van der Waals surface area contributed by atoms with Gasteiger partial charge in [0, 0.05) is 6.42 Å². The molecule has 1 rings (SSSR count). The van der Waals surface area contributed by atoms with Gasteiger partial charge in [-0.15, -0.1) is 0 Å². The van der Waals surface area contributed by atoms with Crippen molar-refractivity contribution in [3.8, 4) is 0 Å². The molecule has 1 heterocycles. The van der Waals surface area contributed by atoms with E-state index in [1.54, 1.807) is 0 Å². The van der Waals surface area contributed by atoms with E-state index in [9.17, 15) is 30.3 Å². The van der Waals surface area contributed by atoms with E-state index < -0.39 is 49.5 Å². The van der Waals surface area contributed by atoms with Crippen LogP contribution in [0.1, 0.15) is 168 Å². The van der Waals surface area contributed by atoms with Gasteiger partial charge < -0.3 is 40.3 Å². The number of amides is 1. The number of hydrogen-bond acceptors (Lipinski definition) is 8. The number of rotatable bonds is 40. The average Bonchev–Trinajstić information content (AvgIpc) is 3.31. The van der Waals surface area contributed by atoms with Crippen molar-refractivity contribution >= 4 is 5.91 Å². The van der Waals surface area contributed by atoms with E-state index in [2.05, 4.69) is 141 Å². The van der Waals surface area contributed by atoms with Gasteiger partial charge in [0.15, 0.2) is 6.29 Å². The van der Waals surface area contributed by atoms with E-state index in [1.807, 2.05) is 0 Å². The topological polar surface area (TPSA) is 149 Å². The number of carbonyl (C=O) groups is 1. The van der Waals surface area contributed by atoms with Gasteiger partial charge >= 0.3 is 0 Å². The standard InChI is InChI=1S/C56H91NO8/c1-3-5-7-9-10-11-12-13-14-15-16-17-18-19-20-21-22-23-24-25-26-27-28-29-30-31-32-33-34-35-36-37-38-39-40-42-44-46-52(60)57-49(50(59)45-43-41-8-6-4-2)48-64-56-55(63)54(62)53(61)51(47-58)65-56/h5,7,10-11,13-14,16-17,19-20,22-23,25-26,28-29,31-32,34-35,49-51,53-56,58-59,61-63H,3-4,6,8-9,12,15,18,21,24,27,30,33,36-48H2,1-2H3,(H,57,60)/b7-5-,11-10-,14-13-,17-16-,20-19-,23-22-,26-25-,29-28-,32-31-,35-34-. The fourth-order valence-corrected chi connectivity index (χ4v) is 7.07. The highest BCUT2D eigenvalue weighted by Crippen LogP contribution is 2.23. The van der Waals surface area contributed by atoms with Gasteiger partial charge in [-0.2, -0.15) is 0 Å². The monoisotopic (exact) mass is 906 g/mol. The van der Waals surface area contributed by atoms with E-state index in [4.69, 9.17) is 9.47 Å². The Morgan fingerprint density at radius 1 is 0.538 bits per heavy atom. The lowest BCUT2D eigenvalue weighted by Crippen LogP contribution is -2.60. The van der Waals surface area contributed by atoms with Crippen molar-refractivity contribution in [2.24, 2.45) is 0 Å². The summed E-state index contributed by atoms with van der Waals surface area (Å²) in [6.45, 7) is 3.59. The van der Waals surface area contributed by atoms with Crippen molar-refractivity contribution in [2.45, 2.75) is 211 Å². The van der Waals surface area contributed by atoms with Crippen LogP contribution in [-0.2, 0) is 14.3 Å². The Kier molecular flexibility index (Phi) is 40.7. The molecular formula is C56H91NO8. The Balaban J connectivity index is 2.11. The number of nitrogens with one attached hydrogen (secondary N) is 1. The SMILES string of the molecule is CC/C=C\C/C=C\C/C=C\C/C=C\C/C=C\C/C=C\C/C=C\C/C=C\C/C=C\C/C=C\CCCCCCCCC(=O)NC(COC1OC(CO)C(O)C(O)C1O)C(O)CCCCCCC. The molecule has 9 nitrogen and oxygen atoms in total. The lowest BCUT2D eigenvalue weighted by atomic mass is 9.99. The zero-order valence-electron chi connectivity index (χ0n) is 40.4. The van der Waals surface area contributed by atoms with E-state index in [0.717, 1.165) is 141 Å². The summed E-state index contributed by atoms with van der Waals surface area (Å²) in [5, 5.41) is 53.9. The number of unbranched alkanes of at least 4 members (excludes halogenated alkanes) is 10. The zero-order valence-corrected chi connectivity index (χ0v) is 40.4. The molecule has 0 aromatic rings. The highest BCUT2D eigenvalue weighted by Gasteiger charge is 2.44. The summed E-state index contributed by atoms with van der Waals surface area (Å²) in [5.41, 5.74) is 0. The van der Waals surface area contributed by atoms with Crippen molar-refractivity contribution in [1.82, 2.24) is 5.32 Å². The molecule has 1 amide bonds. The average molecular weight is 906 g/mol. The molecule has 9 heteroatoms. The number of carbonyl (C=O) groups excluding carboxylic acids is 1. The second-order valence-corrected chi connectivity index (χ2v) is 16.9. The Morgan fingerprint density at radius 3 is 1.42 bits per heavy atom. The molecule has 1 aliphatic rings. The summed E-state index contributed by atoms with van der Waals surface area (Å²) in [5.74, 6) is -0.173. The maximum Gasteiger partial charge on any atom is 0.220 e. The lowest BCUT2D eigenvalue weighted by molar-refractivity contribution is -0.302. The molecule has 1 aliphatic heterocycles. The summed E-state index contributed by atoms with van der Waals surface area (Å²) in [6, 6.07) is -0.731. The minimum Gasteiger partial charge on any atom is -0.394 e. The van der Waals surface area contributed by atoms with Gasteiger partial charge in [0.25, 0.3) is 0 Å². The maximum absolute atomic E-state index is 12.9. The molecular weight excluding hydrogens is 815 g/mol. The van der Waals surface area contributed by atoms with E-state index in [1.165, 1.54) is 0 Å². The van der Waals surface area contributed by atoms with Gasteiger partial charge in [0.05, 0.1) is 25.4 Å². The molecule has 1 fully saturated rings. The normalized spacial score (nSPS) is 21.0. The van der Waals surface area contributed by atoms with Crippen LogP contribution in [0, 0.1) is 0 Å². The molecule has 0 aromatic carbocycles. The molecule has 1 saturated heterocycles.